The quantitative estimate of drug-likeness (QED) is 0.856. The first-order chi connectivity index (χ1) is 9.22. The molecule has 2 heterocycles. The second kappa shape index (κ2) is 5.29. The Morgan fingerprint density at radius 2 is 2.21 bits per heavy atom. The van der Waals surface area contributed by atoms with E-state index in [1.807, 2.05) is 25.1 Å². The van der Waals surface area contributed by atoms with Crippen molar-refractivity contribution in [3.8, 4) is 0 Å². The Morgan fingerprint density at radius 3 is 3.00 bits per heavy atom. The van der Waals surface area contributed by atoms with Gasteiger partial charge in [0.25, 0.3) is 0 Å². The molecule has 1 aliphatic heterocycles. The normalized spacial score (nSPS) is 29.8. The lowest BCUT2D eigenvalue weighted by molar-refractivity contribution is -0.117. The molecule has 1 aliphatic carbocycles. The smallest absolute Gasteiger partial charge is 0.242 e. The summed E-state index contributed by atoms with van der Waals surface area (Å²) in [5.74, 6) is 1.41. The van der Waals surface area contributed by atoms with E-state index in [-0.39, 0.29) is 11.9 Å². The third kappa shape index (κ3) is 2.78. The van der Waals surface area contributed by atoms with Gasteiger partial charge in [-0.05, 0) is 44.2 Å². The van der Waals surface area contributed by atoms with E-state index in [9.17, 15) is 4.79 Å². The summed E-state index contributed by atoms with van der Waals surface area (Å²) < 4.78 is 0. The van der Waals surface area contributed by atoms with Crippen LogP contribution in [0.5, 0.6) is 0 Å². The van der Waals surface area contributed by atoms with Crippen molar-refractivity contribution in [1.82, 2.24) is 10.3 Å². The Kier molecular flexibility index (Phi) is 3.51. The minimum atomic E-state index is -0.0459. The number of anilines is 1. The maximum absolute atomic E-state index is 12.3. The number of amides is 1. The minimum Gasteiger partial charge on any atom is -0.309 e. The van der Waals surface area contributed by atoms with Crippen LogP contribution in [0.15, 0.2) is 18.2 Å². The fraction of sp³-hybridized carbons (Fsp3) is 0.600. The summed E-state index contributed by atoms with van der Waals surface area (Å²) in [4.78, 5) is 16.6. The van der Waals surface area contributed by atoms with Gasteiger partial charge in [-0.3, -0.25) is 4.79 Å². The van der Waals surface area contributed by atoms with Gasteiger partial charge in [-0.15, -0.1) is 0 Å². The van der Waals surface area contributed by atoms with Gasteiger partial charge in [-0.25, -0.2) is 4.98 Å². The predicted molar refractivity (Wildman–Crippen MR) is 74.9 cm³/mol. The van der Waals surface area contributed by atoms with Crippen molar-refractivity contribution in [3.05, 3.63) is 23.9 Å². The number of carbonyl (C=O) groups is 1. The molecule has 1 saturated carbocycles. The molecule has 0 spiro atoms. The van der Waals surface area contributed by atoms with Crippen LogP contribution >= 0.6 is 0 Å². The Bertz CT molecular complexity index is 460. The average Bonchev–Trinajstić information content (AvgIpc) is 2.82. The SMILES string of the molecule is Cc1cccc(NC(=O)C2CC3CCCCC3N2)n1. The second-order valence-corrected chi connectivity index (χ2v) is 5.76. The highest BCUT2D eigenvalue weighted by atomic mass is 16.2. The Morgan fingerprint density at radius 1 is 1.37 bits per heavy atom. The summed E-state index contributed by atoms with van der Waals surface area (Å²) >= 11 is 0. The van der Waals surface area contributed by atoms with Crippen LogP contribution in [-0.4, -0.2) is 23.0 Å². The monoisotopic (exact) mass is 259 g/mol. The zero-order chi connectivity index (χ0) is 13.2. The van der Waals surface area contributed by atoms with Gasteiger partial charge < -0.3 is 10.6 Å². The highest BCUT2D eigenvalue weighted by molar-refractivity contribution is 5.94. The van der Waals surface area contributed by atoms with Crippen LogP contribution in [0.3, 0.4) is 0 Å². The number of aryl methyl sites for hydroxylation is 1. The molecule has 102 valence electrons. The molecule has 2 aliphatic rings. The molecule has 1 aromatic rings. The Hall–Kier alpha value is -1.42. The number of rotatable bonds is 2. The second-order valence-electron chi connectivity index (χ2n) is 5.76. The summed E-state index contributed by atoms with van der Waals surface area (Å²) in [6.45, 7) is 1.93. The number of pyridine rings is 1. The van der Waals surface area contributed by atoms with E-state index in [1.165, 1.54) is 25.7 Å². The van der Waals surface area contributed by atoms with E-state index in [4.69, 9.17) is 0 Å². The highest BCUT2D eigenvalue weighted by Gasteiger charge is 2.38. The van der Waals surface area contributed by atoms with Crippen molar-refractivity contribution < 1.29 is 4.79 Å². The van der Waals surface area contributed by atoms with Gasteiger partial charge in [0, 0.05) is 11.7 Å². The van der Waals surface area contributed by atoms with E-state index in [2.05, 4.69) is 15.6 Å². The molecule has 4 nitrogen and oxygen atoms in total. The summed E-state index contributed by atoms with van der Waals surface area (Å²) in [6.07, 6.45) is 6.07. The minimum absolute atomic E-state index is 0.0459. The number of hydrogen-bond donors (Lipinski definition) is 2. The number of fused-ring (bicyclic) bond motifs is 1. The zero-order valence-electron chi connectivity index (χ0n) is 11.4. The van der Waals surface area contributed by atoms with E-state index >= 15 is 0 Å². The first-order valence-corrected chi connectivity index (χ1v) is 7.23. The van der Waals surface area contributed by atoms with E-state index < -0.39 is 0 Å². The van der Waals surface area contributed by atoms with Crippen LogP contribution in [0.4, 0.5) is 5.82 Å². The lowest BCUT2D eigenvalue weighted by Crippen LogP contribution is -2.40. The molecular formula is C15H21N3O. The number of aromatic nitrogens is 1. The molecule has 3 rings (SSSR count). The van der Waals surface area contributed by atoms with Crippen LogP contribution in [-0.2, 0) is 4.79 Å². The Labute approximate surface area is 114 Å². The van der Waals surface area contributed by atoms with Crippen LogP contribution < -0.4 is 10.6 Å². The molecule has 3 unspecified atom stereocenters. The predicted octanol–water partition coefficient (Wildman–Crippen LogP) is 2.25. The first-order valence-electron chi connectivity index (χ1n) is 7.23. The first kappa shape index (κ1) is 12.6. The van der Waals surface area contributed by atoms with Crippen molar-refractivity contribution in [2.24, 2.45) is 5.92 Å². The topological polar surface area (TPSA) is 54.0 Å². The lowest BCUT2D eigenvalue weighted by Gasteiger charge is -2.24. The van der Waals surface area contributed by atoms with E-state index in [0.29, 0.717) is 17.8 Å². The van der Waals surface area contributed by atoms with Gasteiger partial charge in [0.15, 0.2) is 0 Å². The fourth-order valence-electron chi connectivity index (χ4n) is 3.35. The van der Waals surface area contributed by atoms with E-state index in [1.54, 1.807) is 0 Å². The largest absolute Gasteiger partial charge is 0.309 e. The molecule has 0 bridgehead atoms. The third-order valence-electron chi connectivity index (χ3n) is 4.32. The van der Waals surface area contributed by atoms with Gasteiger partial charge in [0.05, 0.1) is 6.04 Å². The molecule has 1 saturated heterocycles. The van der Waals surface area contributed by atoms with Crippen molar-refractivity contribution >= 4 is 11.7 Å². The highest BCUT2D eigenvalue weighted by Crippen LogP contribution is 2.33. The number of nitrogens with one attached hydrogen (secondary N) is 2. The summed E-state index contributed by atoms with van der Waals surface area (Å²) in [6, 6.07) is 6.19. The third-order valence-corrected chi connectivity index (χ3v) is 4.32. The van der Waals surface area contributed by atoms with Gasteiger partial charge in [0.2, 0.25) is 5.91 Å². The molecule has 1 amide bonds. The average molecular weight is 259 g/mol. The standard InChI is InChI=1S/C15H21N3O/c1-10-5-4-8-14(16-10)18-15(19)13-9-11-6-2-3-7-12(11)17-13/h4-5,8,11-13,17H,2-3,6-7,9H2,1H3,(H,16,18,19). The molecule has 3 atom stereocenters. The summed E-state index contributed by atoms with van der Waals surface area (Å²) in [7, 11) is 0. The van der Waals surface area contributed by atoms with Crippen molar-refractivity contribution in [3.63, 3.8) is 0 Å². The number of hydrogen-bond acceptors (Lipinski definition) is 3. The van der Waals surface area contributed by atoms with Crippen LogP contribution in [0, 0.1) is 12.8 Å². The molecule has 0 aromatic carbocycles. The van der Waals surface area contributed by atoms with Gasteiger partial charge in [-0.2, -0.15) is 0 Å². The molecule has 2 N–H and O–H groups in total. The molecule has 0 radical (unpaired) electrons. The molecule has 4 heteroatoms. The van der Waals surface area contributed by atoms with Crippen LogP contribution in [0.2, 0.25) is 0 Å². The number of carbonyl (C=O) groups excluding carboxylic acids is 1. The maximum Gasteiger partial charge on any atom is 0.242 e. The zero-order valence-corrected chi connectivity index (χ0v) is 11.4. The van der Waals surface area contributed by atoms with Crippen LogP contribution in [0.1, 0.15) is 37.8 Å². The van der Waals surface area contributed by atoms with Crippen molar-refractivity contribution in [2.45, 2.75) is 51.1 Å². The van der Waals surface area contributed by atoms with Gasteiger partial charge in [0.1, 0.15) is 5.82 Å². The van der Waals surface area contributed by atoms with Gasteiger partial charge >= 0.3 is 0 Å². The van der Waals surface area contributed by atoms with Gasteiger partial charge in [-0.1, -0.05) is 18.9 Å². The van der Waals surface area contributed by atoms with Crippen molar-refractivity contribution in [1.29, 1.82) is 0 Å². The number of nitrogens with zero attached hydrogens (tertiary/aromatic N) is 1. The summed E-state index contributed by atoms with van der Waals surface area (Å²) in [5, 5.41) is 6.41. The Balaban J connectivity index is 1.62. The molecule has 2 fully saturated rings. The van der Waals surface area contributed by atoms with E-state index in [0.717, 1.165) is 12.1 Å². The molecule has 19 heavy (non-hydrogen) atoms. The lowest BCUT2D eigenvalue weighted by atomic mass is 9.85. The summed E-state index contributed by atoms with van der Waals surface area (Å²) in [5.41, 5.74) is 0.922. The fourth-order valence-corrected chi connectivity index (χ4v) is 3.35. The van der Waals surface area contributed by atoms with Crippen molar-refractivity contribution in [2.75, 3.05) is 5.32 Å². The maximum atomic E-state index is 12.3. The molecular weight excluding hydrogens is 238 g/mol. The molecule has 1 aromatic heterocycles. The van der Waals surface area contributed by atoms with Crippen LogP contribution in [0.25, 0.3) is 0 Å².